The Balaban J connectivity index is 1.93. The van der Waals surface area contributed by atoms with Gasteiger partial charge in [0.15, 0.2) is 0 Å². The molecule has 0 radical (unpaired) electrons. The number of nitrogens with zero attached hydrogens (tertiary/aromatic N) is 4. The molecule has 18 heavy (non-hydrogen) atoms. The number of anilines is 1. The molecule has 0 amide bonds. The van der Waals surface area contributed by atoms with Gasteiger partial charge in [-0.15, -0.1) is 0 Å². The molecule has 0 bridgehead atoms. The molecule has 2 aromatic heterocycles. The minimum atomic E-state index is 0.568. The lowest BCUT2D eigenvalue weighted by molar-refractivity contribution is 0.305. The van der Waals surface area contributed by atoms with Gasteiger partial charge >= 0.3 is 0 Å². The second-order valence-electron chi connectivity index (χ2n) is 3.66. The highest BCUT2D eigenvalue weighted by Crippen LogP contribution is 2.11. The fraction of sp³-hybridized carbons (Fsp3) is 0.333. The lowest BCUT2D eigenvalue weighted by Crippen LogP contribution is -2.05. The summed E-state index contributed by atoms with van der Waals surface area (Å²) in [5.74, 6) is 1.29. The Kier molecular flexibility index (Phi) is 4.40. The first-order valence-corrected chi connectivity index (χ1v) is 5.84. The van der Waals surface area contributed by atoms with Crippen LogP contribution in [-0.4, -0.2) is 26.8 Å². The van der Waals surface area contributed by atoms with E-state index >= 15 is 0 Å². The first-order valence-electron chi connectivity index (χ1n) is 5.84. The van der Waals surface area contributed by atoms with E-state index < -0.39 is 0 Å². The molecular formula is C12H15N5O. The van der Waals surface area contributed by atoms with E-state index in [9.17, 15) is 0 Å². The predicted molar refractivity (Wildman–Crippen MR) is 67.2 cm³/mol. The number of nitrogens with one attached hydrogen (secondary N) is 1. The third-order valence-corrected chi connectivity index (χ3v) is 2.17. The maximum Gasteiger partial charge on any atom is 0.218 e. The van der Waals surface area contributed by atoms with Crippen LogP contribution in [0, 0.1) is 0 Å². The van der Waals surface area contributed by atoms with Gasteiger partial charge in [-0.25, -0.2) is 9.97 Å². The van der Waals surface area contributed by atoms with E-state index in [-0.39, 0.29) is 0 Å². The molecule has 0 fully saturated rings. The molecule has 0 aliphatic heterocycles. The van der Waals surface area contributed by atoms with Crippen molar-refractivity contribution in [3.63, 3.8) is 0 Å². The van der Waals surface area contributed by atoms with Crippen LogP contribution in [0.3, 0.4) is 0 Å². The molecule has 0 aromatic carbocycles. The van der Waals surface area contributed by atoms with E-state index in [0.717, 1.165) is 12.1 Å². The van der Waals surface area contributed by atoms with Gasteiger partial charge in [-0.2, -0.15) is 10.2 Å². The third kappa shape index (κ3) is 3.65. The normalized spacial score (nSPS) is 10.1. The van der Waals surface area contributed by atoms with Crippen molar-refractivity contribution in [3.8, 4) is 5.88 Å². The Labute approximate surface area is 105 Å². The Bertz CT molecular complexity index is 477. The molecule has 0 saturated carbocycles. The molecule has 0 unspecified atom stereocenters. The molecule has 1 N–H and O–H groups in total. The molecule has 2 heterocycles. The lowest BCUT2D eigenvalue weighted by Gasteiger charge is -2.06. The fourth-order valence-electron chi connectivity index (χ4n) is 1.33. The van der Waals surface area contributed by atoms with E-state index in [1.807, 2.05) is 12.1 Å². The van der Waals surface area contributed by atoms with E-state index in [2.05, 4.69) is 32.4 Å². The van der Waals surface area contributed by atoms with E-state index in [1.54, 1.807) is 12.3 Å². The Morgan fingerprint density at radius 2 is 2.28 bits per heavy atom. The van der Waals surface area contributed by atoms with Gasteiger partial charge in [0.1, 0.15) is 12.1 Å². The molecule has 6 heteroatoms. The van der Waals surface area contributed by atoms with Crippen molar-refractivity contribution in [2.24, 2.45) is 0 Å². The predicted octanol–water partition coefficient (Wildman–Crippen LogP) is 1.67. The van der Waals surface area contributed by atoms with Gasteiger partial charge in [0.05, 0.1) is 18.8 Å². The highest BCUT2D eigenvalue weighted by atomic mass is 16.5. The van der Waals surface area contributed by atoms with Crippen LogP contribution < -0.4 is 10.1 Å². The number of ether oxygens (including phenoxy) is 1. The van der Waals surface area contributed by atoms with Crippen molar-refractivity contribution >= 4 is 5.82 Å². The number of rotatable bonds is 6. The van der Waals surface area contributed by atoms with Gasteiger partial charge in [-0.3, -0.25) is 0 Å². The van der Waals surface area contributed by atoms with Crippen LogP contribution in [0.5, 0.6) is 5.88 Å². The second-order valence-corrected chi connectivity index (χ2v) is 3.66. The van der Waals surface area contributed by atoms with E-state index in [0.29, 0.717) is 24.8 Å². The van der Waals surface area contributed by atoms with Crippen LogP contribution in [0.25, 0.3) is 0 Å². The van der Waals surface area contributed by atoms with Crippen molar-refractivity contribution in [2.75, 3.05) is 11.9 Å². The van der Waals surface area contributed by atoms with Crippen LogP contribution in [0.1, 0.15) is 19.0 Å². The van der Waals surface area contributed by atoms with E-state index in [1.165, 1.54) is 6.33 Å². The van der Waals surface area contributed by atoms with Crippen molar-refractivity contribution in [1.29, 1.82) is 0 Å². The van der Waals surface area contributed by atoms with Crippen molar-refractivity contribution < 1.29 is 4.74 Å². The minimum absolute atomic E-state index is 0.568. The molecule has 0 atom stereocenters. The average Bonchev–Trinajstić information content (AvgIpc) is 2.44. The van der Waals surface area contributed by atoms with Crippen LogP contribution in [-0.2, 0) is 6.54 Å². The summed E-state index contributed by atoms with van der Waals surface area (Å²) in [6.07, 6.45) is 4.07. The summed E-state index contributed by atoms with van der Waals surface area (Å²) in [6, 6.07) is 5.52. The summed E-state index contributed by atoms with van der Waals surface area (Å²) in [5, 5.41) is 10.9. The van der Waals surface area contributed by atoms with Crippen LogP contribution in [0.2, 0.25) is 0 Å². The second kappa shape index (κ2) is 6.48. The summed E-state index contributed by atoms with van der Waals surface area (Å²) < 4.78 is 5.43. The minimum Gasteiger partial charge on any atom is -0.478 e. The van der Waals surface area contributed by atoms with Gasteiger partial charge in [0.2, 0.25) is 5.88 Å². The van der Waals surface area contributed by atoms with Crippen molar-refractivity contribution in [2.45, 2.75) is 19.9 Å². The van der Waals surface area contributed by atoms with Crippen LogP contribution in [0.4, 0.5) is 5.82 Å². The van der Waals surface area contributed by atoms with Gasteiger partial charge in [0.25, 0.3) is 0 Å². The molecule has 0 aliphatic carbocycles. The molecule has 0 saturated heterocycles. The largest absolute Gasteiger partial charge is 0.478 e. The molecule has 0 spiro atoms. The zero-order chi connectivity index (χ0) is 12.6. The van der Waals surface area contributed by atoms with Crippen molar-refractivity contribution in [1.82, 2.24) is 20.2 Å². The lowest BCUT2D eigenvalue weighted by atomic mass is 10.4. The Morgan fingerprint density at radius 3 is 3.06 bits per heavy atom. The number of aromatic nitrogens is 4. The topological polar surface area (TPSA) is 72.8 Å². The number of hydrogen-bond acceptors (Lipinski definition) is 6. The first kappa shape index (κ1) is 12.2. The maximum absolute atomic E-state index is 5.43. The van der Waals surface area contributed by atoms with Crippen molar-refractivity contribution in [3.05, 3.63) is 36.4 Å². The van der Waals surface area contributed by atoms with Crippen LogP contribution in [0.15, 0.2) is 30.7 Å². The maximum atomic E-state index is 5.43. The average molecular weight is 245 g/mol. The zero-order valence-electron chi connectivity index (χ0n) is 10.2. The molecule has 2 aromatic rings. The summed E-state index contributed by atoms with van der Waals surface area (Å²) in [7, 11) is 0. The fourth-order valence-corrected chi connectivity index (χ4v) is 1.33. The van der Waals surface area contributed by atoms with Gasteiger partial charge < -0.3 is 10.1 Å². The Morgan fingerprint density at radius 1 is 1.33 bits per heavy atom. The monoisotopic (exact) mass is 245 g/mol. The third-order valence-electron chi connectivity index (χ3n) is 2.17. The summed E-state index contributed by atoms with van der Waals surface area (Å²) >= 11 is 0. The van der Waals surface area contributed by atoms with Gasteiger partial charge in [-0.05, 0) is 18.6 Å². The van der Waals surface area contributed by atoms with Gasteiger partial charge in [-0.1, -0.05) is 6.92 Å². The highest BCUT2D eigenvalue weighted by molar-refractivity contribution is 5.37. The molecule has 6 nitrogen and oxygen atoms in total. The molecular weight excluding hydrogens is 230 g/mol. The summed E-state index contributed by atoms with van der Waals surface area (Å²) in [6.45, 7) is 3.27. The standard InChI is InChI=1S/C12H15N5O/c1-2-6-18-12-7-11(14-9-15-12)13-8-10-4-3-5-16-17-10/h3-5,7,9H,2,6,8H2,1H3,(H,13,14,15). The summed E-state index contributed by atoms with van der Waals surface area (Å²) in [4.78, 5) is 8.14. The number of hydrogen-bond donors (Lipinski definition) is 1. The highest BCUT2D eigenvalue weighted by Gasteiger charge is 2.00. The van der Waals surface area contributed by atoms with Gasteiger partial charge in [0, 0.05) is 12.3 Å². The van der Waals surface area contributed by atoms with E-state index in [4.69, 9.17) is 4.74 Å². The molecule has 94 valence electrons. The SMILES string of the molecule is CCCOc1cc(NCc2cccnn2)ncn1. The molecule has 2 rings (SSSR count). The zero-order valence-corrected chi connectivity index (χ0v) is 10.2. The smallest absolute Gasteiger partial charge is 0.218 e. The molecule has 0 aliphatic rings. The van der Waals surface area contributed by atoms with Crippen LogP contribution >= 0.6 is 0 Å². The summed E-state index contributed by atoms with van der Waals surface area (Å²) in [5.41, 5.74) is 0.854. The Hall–Kier alpha value is -2.24. The quantitative estimate of drug-likeness (QED) is 0.834. The first-order chi connectivity index (χ1) is 8.88.